The van der Waals surface area contributed by atoms with Crippen LogP contribution in [0.25, 0.3) is 5.69 Å². The lowest BCUT2D eigenvalue weighted by molar-refractivity contribution is -0.154. The molecule has 1 N–H and O–H groups in total. The molecule has 0 unspecified atom stereocenters. The van der Waals surface area contributed by atoms with Crippen LogP contribution in [0, 0.1) is 5.82 Å². The number of hydrogen-bond donors (Lipinski definition) is 1. The van der Waals surface area contributed by atoms with Gasteiger partial charge in [-0.3, -0.25) is 4.79 Å². The Kier molecular flexibility index (Phi) is 5.81. The van der Waals surface area contributed by atoms with Crippen molar-refractivity contribution in [3.8, 4) is 11.6 Å². The summed E-state index contributed by atoms with van der Waals surface area (Å²) in [6.45, 7) is -1.59. The van der Waals surface area contributed by atoms with E-state index in [1.807, 2.05) is 0 Å². The minimum Gasteiger partial charge on any atom is -0.468 e. The molecule has 14 heteroatoms. The number of pyridine rings is 1. The topological polar surface area (TPSA) is 81.9 Å². The van der Waals surface area contributed by atoms with Crippen molar-refractivity contribution in [2.45, 2.75) is 12.4 Å². The van der Waals surface area contributed by atoms with Gasteiger partial charge < -0.3 is 10.1 Å². The number of benzene rings is 1. The van der Waals surface area contributed by atoms with Crippen molar-refractivity contribution in [1.82, 2.24) is 20.0 Å². The number of halogens is 7. The highest BCUT2D eigenvalue weighted by Gasteiger charge is 2.42. The Hall–Kier alpha value is -3.71. The number of nitrogens with one attached hydrogen (secondary N) is 1. The maximum absolute atomic E-state index is 13.6. The molecule has 164 valence electrons. The van der Waals surface area contributed by atoms with E-state index in [0.29, 0.717) is 0 Å². The van der Waals surface area contributed by atoms with Crippen molar-refractivity contribution in [3.05, 3.63) is 59.8 Å². The van der Waals surface area contributed by atoms with Gasteiger partial charge in [-0.05, 0) is 24.3 Å². The Morgan fingerprint density at radius 3 is 2.42 bits per heavy atom. The molecule has 0 saturated carbocycles. The number of carbonyl (C=O) groups is 1. The van der Waals surface area contributed by atoms with E-state index in [4.69, 9.17) is 0 Å². The number of anilines is 1. The second-order valence-corrected chi connectivity index (χ2v) is 5.92. The molecule has 0 fully saturated rings. The largest absolute Gasteiger partial charge is 0.468 e. The standard InChI is InChI=1S/C17H10F7N5O2/c18-9-2-1-3-11(6-9)29-14(17(22,23)24)13(27-28-29)15(30)26-10-4-5-12(25-7-10)31-8-16(19,20)21/h1-7H,8H2,(H,26,30). The summed E-state index contributed by atoms with van der Waals surface area (Å²) in [4.78, 5) is 15.8. The highest BCUT2D eigenvalue weighted by Crippen LogP contribution is 2.33. The third-order valence-corrected chi connectivity index (χ3v) is 3.58. The number of hydrogen-bond acceptors (Lipinski definition) is 5. The maximum atomic E-state index is 13.6. The van der Waals surface area contributed by atoms with Gasteiger partial charge in [0.05, 0.1) is 17.6 Å². The third kappa shape index (κ3) is 5.46. The fourth-order valence-electron chi connectivity index (χ4n) is 2.36. The average Bonchev–Trinajstić information content (AvgIpc) is 3.13. The van der Waals surface area contributed by atoms with Gasteiger partial charge >= 0.3 is 12.4 Å². The summed E-state index contributed by atoms with van der Waals surface area (Å²) in [5.74, 6) is -2.56. The predicted octanol–water partition coefficient (Wildman–Crippen LogP) is 4.01. The Balaban J connectivity index is 1.84. The normalized spacial score (nSPS) is 12.0. The lowest BCUT2D eigenvalue weighted by atomic mass is 10.2. The first-order chi connectivity index (χ1) is 14.4. The molecule has 3 aromatic rings. The zero-order chi connectivity index (χ0) is 22.8. The van der Waals surface area contributed by atoms with Gasteiger partial charge in [0.1, 0.15) is 5.82 Å². The van der Waals surface area contributed by atoms with E-state index in [1.165, 1.54) is 0 Å². The third-order valence-electron chi connectivity index (χ3n) is 3.58. The summed E-state index contributed by atoms with van der Waals surface area (Å²) in [5, 5.41) is 8.62. The molecule has 0 bridgehead atoms. The first kappa shape index (κ1) is 22.0. The number of alkyl halides is 6. The Bertz CT molecular complexity index is 1080. The molecule has 0 aliphatic heterocycles. The molecular weight excluding hydrogens is 439 g/mol. The molecule has 7 nitrogen and oxygen atoms in total. The molecule has 0 spiro atoms. The van der Waals surface area contributed by atoms with E-state index < -0.39 is 48.0 Å². The number of amides is 1. The quantitative estimate of drug-likeness (QED) is 0.596. The minimum atomic E-state index is -5.07. The summed E-state index contributed by atoms with van der Waals surface area (Å²) in [7, 11) is 0. The van der Waals surface area contributed by atoms with Crippen molar-refractivity contribution in [2.75, 3.05) is 11.9 Å². The van der Waals surface area contributed by atoms with E-state index in [-0.39, 0.29) is 16.1 Å². The summed E-state index contributed by atoms with van der Waals surface area (Å²) in [6.07, 6.45) is -8.78. The van der Waals surface area contributed by atoms with Gasteiger partial charge in [-0.25, -0.2) is 14.1 Å². The molecule has 0 radical (unpaired) electrons. The second kappa shape index (κ2) is 8.20. The van der Waals surface area contributed by atoms with Gasteiger partial charge in [0, 0.05) is 6.07 Å². The van der Waals surface area contributed by atoms with Crippen LogP contribution >= 0.6 is 0 Å². The zero-order valence-corrected chi connectivity index (χ0v) is 15.0. The molecular formula is C17H10F7N5O2. The predicted molar refractivity (Wildman–Crippen MR) is 90.1 cm³/mol. The van der Waals surface area contributed by atoms with E-state index in [0.717, 1.165) is 42.6 Å². The Morgan fingerprint density at radius 2 is 1.84 bits per heavy atom. The first-order valence-electron chi connectivity index (χ1n) is 8.20. The summed E-state index contributed by atoms with van der Waals surface area (Å²) < 4.78 is 95.1. The molecule has 3 rings (SSSR count). The number of rotatable bonds is 5. The monoisotopic (exact) mass is 449 g/mol. The molecule has 1 amide bonds. The van der Waals surface area contributed by atoms with Crippen molar-refractivity contribution < 1.29 is 40.3 Å². The van der Waals surface area contributed by atoms with Gasteiger partial charge in [0.15, 0.2) is 18.0 Å². The van der Waals surface area contributed by atoms with Gasteiger partial charge in [-0.2, -0.15) is 26.3 Å². The molecule has 2 heterocycles. The van der Waals surface area contributed by atoms with E-state index >= 15 is 0 Å². The Labute approximate surface area is 168 Å². The van der Waals surface area contributed by atoms with Gasteiger partial charge in [-0.15, -0.1) is 5.10 Å². The number of ether oxygens (including phenoxy) is 1. The van der Waals surface area contributed by atoms with Gasteiger partial charge in [0.25, 0.3) is 5.91 Å². The van der Waals surface area contributed by atoms with Crippen molar-refractivity contribution in [1.29, 1.82) is 0 Å². The van der Waals surface area contributed by atoms with Crippen LogP contribution in [0.15, 0.2) is 42.6 Å². The highest BCUT2D eigenvalue weighted by atomic mass is 19.4. The number of carbonyl (C=O) groups excluding carboxylic acids is 1. The van der Waals surface area contributed by atoms with Crippen LogP contribution < -0.4 is 10.1 Å². The Morgan fingerprint density at radius 1 is 1.10 bits per heavy atom. The molecule has 2 aromatic heterocycles. The fraction of sp³-hybridized carbons (Fsp3) is 0.176. The van der Waals surface area contributed by atoms with E-state index in [1.54, 1.807) is 0 Å². The molecule has 0 aliphatic carbocycles. The second-order valence-electron chi connectivity index (χ2n) is 5.92. The lowest BCUT2D eigenvalue weighted by Gasteiger charge is -2.11. The van der Waals surface area contributed by atoms with Gasteiger partial charge in [0.2, 0.25) is 5.88 Å². The van der Waals surface area contributed by atoms with Crippen LogP contribution in [0.3, 0.4) is 0 Å². The van der Waals surface area contributed by atoms with Crippen LogP contribution in [0.4, 0.5) is 36.4 Å². The molecule has 31 heavy (non-hydrogen) atoms. The molecule has 0 atom stereocenters. The van der Waals surface area contributed by atoms with E-state index in [2.05, 4.69) is 25.3 Å². The maximum Gasteiger partial charge on any atom is 0.435 e. The van der Waals surface area contributed by atoms with Crippen LogP contribution in [-0.4, -0.2) is 38.7 Å². The smallest absolute Gasteiger partial charge is 0.435 e. The van der Waals surface area contributed by atoms with Crippen LogP contribution in [0.5, 0.6) is 5.88 Å². The van der Waals surface area contributed by atoms with Gasteiger partial charge in [-0.1, -0.05) is 11.3 Å². The van der Waals surface area contributed by atoms with Crippen LogP contribution in [0.1, 0.15) is 16.2 Å². The molecule has 1 aromatic carbocycles. The number of nitrogens with zero attached hydrogens (tertiary/aromatic N) is 4. The summed E-state index contributed by atoms with van der Waals surface area (Å²) >= 11 is 0. The number of aromatic nitrogens is 4. The minimum absolute atomic E-state index is 0.141. The first-order valence-corrected chi connectivity index (χ1v) is 8.20. The lowest BCUT2D eigenvalue weighted by Crippen LogP contribution is -2.21. The molecule has 0 aliphatic rings. The summed E-state index contributed by atoms with van der Waals surface area (Å²) in [5.41, 5.74) is -3.10. The summed E-state index contributed by atoms with van der Waals surface area (Å²) in [6, 6.07) is 6.13. The highest BCUT2D eigenvalue weighted by molar-refractivity contribution is 6.03. The average molecular weight is 449 g/mol. The van der Waals surface area contributed by atoms with Crippen LogP contribution in [0.2, 0.25) is 0 Å². The van der Waals surface area contributed by atoms with Crippen LogP contribution in [-0.2, 0) is 6.18 Å². The SMILES string of the molecule is O=C(Nc1ccc(OCC(F)(F)F)nc1)c1nnn(-c2cccc(F)c2)c1C(F)(F)F. The molecule has 0 saturated heterocycles. The zero-order valence-electron chi connectivity index (χ0n) is 15.0. The van der Waals surface area contributed by atoms with Crippen molar-refractivity contribution in [3.63, 3.8) is 0 Å². The van der Waals surface area contributed by atoms with Crippen molar-refractivity contribution in [2.24, 2.45) is 0 Å². The van der Waals surface area contributed by atoms with E-state index in [9.17, 15) is 35.5 Å². The van der Waals surface area contributed by atoms with Crippen molar-refractivity contribution >= 4 is 11.6 Å². The fourth-order valence-corrected chi connectivity index (χ4v) is 2.36.